The fraction of sp³-hybridized carbons (Fsp3) is 0.250. The zero-order chi connectivity index (χ0) is 13.9. The molecule has 0 fully saturated rings. The quantitative estimate of drug-likeness (QED) is 0.738. The van der Waals surface area contributed by atoms with Crippen LogP contribution in [0.5, 0.6) is 0 Å². The van der Waals surface area contributed by atoms with E-state index in [0.717, 1.165) is 34.3 Å². The van der Waals surface area contributed by atoms with Crippen molar-refractivity contribution < 1.29 is 5.11 Å². The van der Waals surface area contributed by atoms with E-state index >= 15 is 0 Å². The molecule has 0 saturated carbocycles. The van der Waals surface area contributed by atoms with Gasteiger partial charge in [0.25, 0.3) is 0 Å². The minimum atomic E-state index is 0.0712. The minimum absolute atomic E-state index is 0.0712. The van der Waals surface area contributed by atoms with Gasteiger partial charge < -0.3 is 9.67 Å². The molecule has 1 aromatic rings. The topological polar surface area (TPSA) is 50.4 Å². The van der Waals surface area contributed by atoms with Crippen molar-refractivity contribution in [2.24, 2.45) is 4.99 Å². The van der Waals surface area contributed by atoms with Gasteiger partial charge in [-0.15, -0.1) is 0 Å². The Kier molecular flexibility index (Phi) is 3.48. The van der Waals surface area contributed by atoms with Crippen molar-refractivity contribution in [2.45, 2.75) is 13.5 Å². The molecule has 2 aliphatic rings. The third kappa shape index (κ3) is 2.18. The maximum atomic E-state index is 8.87. The molecule has 0 aromatic heterocycles. The molecule has 1 aromatic carbocycles. The highest BCUT2D eigenvalue weighted by Crippen LogP contribution is 2.23. The molecule has 0 bridgehead atoms. The molecule has 0 spiro atoms. The molecule has 0 unspecified atom stereocenters. The van der Waals surface area contributed by atoms with Gasteiger partial charge in [0.05, 0.1) is 40.9 Å². The van der Waals surface area contributed by atoms with Gasteiger partial charge >= 0.3 is 0 Å². The van der Waals surface area contributed by atoms with Crippen LogP contribution in [0.2, 0.25) is 0 Å². The standard InChI is InChI=1S/C16H17N3O/c1-2-19-15-6-4-3-5-13(15)18-14-8-7-12(11-16(14)19)17-9-10-20/h3-8,11,20H,2,9-10H2,1H3. The van der Waals surface area contributed by atoms with Crippen LogP contribution >= 0.6 is 0 Å². The van der Waals surface area contributed by atoms with Crippen molar-refractivity contribution in [3.05, 3.63) is 47.8 Å². The summed E-state index contributed by atoms with van der Waals surface area (Å²) in [5.74, 6) is 0. The van der Waals surface area contributed by atoms with Crippen LogP contribution in [0.15, 0.2) is 47.5 Å². The number of fused-ring (bicyclic) bond motifs is 2. The Bertz CT molecular complexity index is 776. The normalized spacial score (nSPS) is 12.4. The summed E-state index contributed by atoms with van der Waals surface area (Å²) in [7, 11) is 0. The molecule has 0 amide bonds. The Morgan fingerprint density at radius 2 is 2.05 bits per heavy atom. The number of aryl methyl sites for hydroxylation is 1. The Labute approximate surface area is 117 Å². The van der Waals surface area contributed by atoms with E-state index in [1.165, 1.54) is 0 Å². The summed E-state index contributed by atoms with van der Waals surface area (Å²) in [5.41, 5.74) is 4.17. The fourth-order valence-electron chi connectivity index (χ4n) is 2.49. The predicted octanol–water partition coefficient (Wildman–Crippen LogP) is 2.05. The lowest BCUT2D eigenvalue weighted by Gasteiger charge is -2.16. The molecule has 1 aliphatic heterocycles. The molecule has 1 aliphatic carbocycles. The first-order chi connectivity index (χ1) is 9.83. The van der Waals surface area contributed by atoms with Crippen LogP contribution in [0.4, 0.5) is 0 Å². The number of aliphatic hydroxyl groups is 1. The van der Waals surface area contributed by atoms with E-state index in [9.17, 15) is 0 Å². The average molecular weight is 267 g/mol. The lowest BCUT2D eigenvalue weighted by molar-refractivity contribution is 0.305. The van der Waals surface area contributed by atoms with E-state index in [4.69, 9.17) is 10.1 Å². The third-order valence-electron chi connectivity index (χ3n) is 3.37. The molecule has 0 saturated heterocycles. The van der Waals surface area contributed by atoms with E-state index in [0.29, 0.717) is 6.54 Å². The summed E-state index contributed by atoms with van der Waals surface area (Å²) in [4.78, 5) is 9.04. The lowest BCUT2D eigenvalue weighted by atomic mass is 10.1. The third-order valence-corrected chi connectivity index (χ3v) is 3.37. The van der Waals surface area contributed by atoms with Gasteiger partial charge in [0.2, 0.25) is 0 Å². The van der Waals surface area contributed by atoms with Crippen molar-refractivity contribution >= 4 is 11.0 Å². The number of nitrogens with zero attached hydrogens (tertiary/aromatic N) is 3. The first-order valence-electron chi connectivity index (χ1n) is 6.84. The van der Waals surface area contributed by atoms with Gasteiger partial charge in [-0.05, 0) is 37.3 Å². The molecule has 0 radical (unpaired) electrons. The summed E-state index contributed by atoms with van der Waals surface area (Å²) in [6, 6.07) is 14.1. The highest BCUT2D eigenvalue weighted by atomic mass is 16.3. The highest BCUT2D eigenvalue weighted by Gasteiger charge is 2.10. The molecule has 20 heavy (non-hydrogen) atoms. The van der Waals surface area contributed by atoms with Gasteiger partial charge in [-0.3, -0.25) is 4.99 Å². The Balaban J connectivity index is 2.33. The average Bonchev–Trinajstić information content (AvgIpc) is 2.50. The van der Waals surface area contributed by atoms with Crippen LogP contribution in [0.3, 0.4) is 0 Å². The van der Waals surface area contributed by atoms with Gasteiger partial charge in [0.1, 0.15) is 0 Å². The van der Waals surface area contributed by atoms with Gasteiger partial charge in [-0.2, -0.15) is 0 Å². The predicted molar refractivity (Wildman–Crippen MR) is 79.5 cm³/mol. The Morgan fingerprint density at radius 1 is 1.20 bits per heavy atom. The van der Waals surface area contributed by atoms with Gasteiger partial charge in [0.15, 0.2) is 0 Å². The van der Waals surface area contributed by atoms with Gasteiger partial charge in [-0.25, -0.2) is 4.98 Å². The smallest absolute Gasteiger partial charge is 0.0876 e. The zero-order valence-electron chi connectivity index (χ0n) is 11.5. The molecule has 4 nitrogen and oxygen atoms in total. The summed E-state index contributed by atoms with van der Waals surface area (Å²) < 4.78 is 2.25. The first kappa shape index (κ1) is 12.8. The number of para-hydroxylation sites is 2. The summed E-state index contributed by atoms with van der Waals surface area (Å²) >= 11 is 0. The maximum absolute atomic E-state index is 8.87. The fourth-order valence-corrected chi connectivity index (χ4v) is 2.49. The van der Waals surface area contributed by atoms with Crippen molar-refractivity contribution in [3.63, 3.8) is 0 Å². The lowest BCUT2D eigenvalue weighted by Crippen LogP contribution is -2.11. The molecular weight excluding hydrogens is 250 g/mol. The van der Waals surface area contributed by atoms with Crippen LogP contribution in [0.1, 0.15) is 6.92 Å². The van der Waals surface area contributed by atoms with E-state index in [1.807, 2.05) is 36.4 Å². The Hall–Kier alpha value is -2.20. The van der Waals surface area contributed by atoms with E-state index in [2.05, 4.69) is 22.5 Å². The van der Waals surface area contributed by atoms with E-state index in [-0.39, 0.29) is 6.61 Å². The SMILES string of the molecule is CCn1c2cc(=NCCO)ccc-2nc2ccccc21. The molecule has 102 valence electrons. The van der Waals surface area contributed by atoms with E-state index in [1.54, 1.807) is 0 Å². The Morgan fingerprint density at radius 3 is 2.85 bits per heavy atom. The van der Waals surface area contributed by atoms with Crippen molar-refractivity contribution in [2.75, 3.05) is 13.2 Å². The monoisotopic (exact) mass is 267 g/mol. The number of hydrogen-bond acceptors (Lipinski definition) is 3. The summed E-state index contributed by atoms with van der Waals surface area (Å²) in [5, 5.41) is 9.75. The van der Waals surface area contributed by atoms with Crippen LogP contribution in [-0.2, 0) is 6.54 Å². The van der Waals surface area contributed by atoms with Crippen molar-refractivity contribution in [1.29, 1.82) is 0 Å². The molecular formula is C16H17N3O. The van der Waals surface area contributed by atoms with Crippen LogP contribution in [-0.4, -0.2) is 27.8 Å². The first-order valence-corrected chi connectivity index (χ1v) is 6.84. The largest absolute Gasteiger partial charge is 0.394 e. The summed E-state index contributed by atoms with van der Waals surface area (Å²) in [6.45, 7) is 3.51. The number of aliphatic hydroxyl groups excluding tert-OH is 1. The number of benzene rings is 2. The second kappa shape index (κ2) is 5.43. The molecule has 1 N–H and O–H groups in total. The number of hydrogen-bond donors (Lipinski definition) is 1. The molecule has 3 rings (SSSR count). The second-order valence-electron chi connectivity index (χ2n) is 4.62. The van der Waals surface area contributed by atoms with E-state index < -0.39 is 0 Å². The maximum Gasteiger partial charge on any atom is 0.0876 e. The van der Waals surface area contributed by atoms with Crippen molar-refractivity contribution in [3.8, 4) is 11.4 Å². The summed E-state index contributed by atoms with van der Waals surface area (Å²) in [6.07, 6.45) is 0. The molecule has 4 heteroatoms. The minimum Gasteiger partial charge on any atom is -0.394 e. The second-order valence-corrected chi connectivity index (χ2v) is 4.62. The highest BCUT2D eigenvalue weighted by molar-refractivity contribution is 5.80. The molecule has 0 atom stereocenters. The van der Waals surface area contributed by atoms with Gasteiger partial charge in [-0.1, -0.05) is 12.1 Å². The van der Waals surface area contributed by atoms with Crippen LogP contribution in [0.25, 0.3) is 22.4 Å². The zero-order valence-corrected chi connectivity index (χ0v) is 11.5. The van der Waals surface area contributed by atoms with Crippen molar-refractivity contribution in [1.82, 2.24) is 9.55 Å². The van der Waals surface area contributed by atoms with Crippen LogP contribution < -0.4 is 5.36 Å². The van der Waals surface area contributed by atoms with Crippen LogP contribution in [0, 0.1) is 0 Å². The van der Waals surface area contributed by atoms with Gasteiger partial charge in [0, 0.05) is 6.54 Å². The number of aromatic nitrogens is 2. The number of rotatable bonds is 3. The molecule has 1 heterocycles.